The number of aliphatic carboxylic acids is 1. The van der Waals surface area contributed by atoms with E-state index in [0.717, 1.165) is 12.0 Å². The summed E-state index contributed by atoms with van der Waals surface area (Å²) in [7, 11) is 0. The molecular formula is C32H41ClF3N3O5. The Morgan fingerprint density at radius 3 is 2.41 bits per heavy atom. The quantitative estimate of drug-likeness (QED) is 0.427. The van der Waals surface area contributed by atoms with Crippen molar-refractivity contribution < 1.29 is 37.4 Å². The van der Waals surface area contributed by atoms with Gasteiger partial charge in [0, 0.05) is 47.6 Å². The molecule has 4 aliphatic carbocycles. The van der Waals surface area contributed by atoms with Crippen LogP contribution in [0.15, 0.2) is 0 Å². The van der Waals surface area contributed by atoms with Crippen LogP contribution in [0.25, 0.3) is 0 Å². The van der Waals surface area contributed by atoms with Crippen LogP contribution < -0.4 is 0 Å². The molecule has 3 heterocycles. The molecule has 2 saturated heterocycles. The largest absolute Gasteiger partial charge is 0.481 e. The summed E-state index contributed by atoms with van der Waals surface area (Å²) in [6.45, 7) is 2.64. The highest BCUT2D eigenvalue weighted by atomic mass is 35.5. The third-order valence-corrected chi connectivity index (χ3v) is 12.5. The number of fused-ring (bicyclic) bond motifs is 1. The second-order valence-electron chi connectivity index (χ2n) is 14.6. The Kier molecular flexibility index (Phi) is 7.82. The minimum Gasteiger partial charge on any atom is -0.481 e. The number of carboxylic acid groups (broad SMARTS) is 1. The predicted molar refractivity (Wildman–Crippen MR) is 154 cm³/mol. The van der Waals surface area contributed by atoms with E-state index < -0.39 is 58.9 Å². The molecule has 242 valence electrons. The maximum Gasteiger partial charge on any atom is 0.306 e. The number of carboxylic acids is 1. The van der Waals surface area contributed by atoms with Gasteiger partial charge in [0.05, 0.1) is 36.4 Å². The van der Waals surface area contributed by atoms with Gasteiger partial charge in [-0.1, -0.05) is 6.42 Å². The monoisotopic (exact) mass is 639 g/mol. The van der Waals surface area contributed by atoms with Crippen molar-refractivity contribution in [3.05, 3.63) is 17.0 Å². The SMILES string of the molecule is O=C(O)C1CCC(c2nn(C(=O)C3C(Cl)CCCC3C3(C(F)F)CC3)c3c2CCC(C(=O)N2CCC4(COC4)C2)C3)C(F)C1. The first-order valence-electron chi connectivity index (χ1n) is 16.3. The van der Waals surface area contributed by atoms with Gasteiger partial charge in [0.15, 0.2) is 0 Å². The fraction of sp³-hybridized carbons (Fsp3) is 0.812. The van der Waals surface area contributed by atoms with Crippen molar-refractivity contribution in [1.82, 2.24) is 14.7 Å². The summed E-state index contributed by atoms with van der Waals surface area (Å²) in [6, 6.07) is 0. The molecule has 1 N–H and O–H groups in total. The van der Waals surface area contributed by atoms with Gasteiger partial charge in [0.1, 0.15) is 6.17 Å². The molecule has 5 fully saturated rings. The molecule has 2 aliphatic heterocycles. The van der Waals surface area contributed by atoms with Gasteiger partial charge in [-0.15, -0.1) is 11.6 Å². The maximum absolute atomic E-state index is 15.6. The molecule has 7 atom stereocenters. The number of ether oxygens (including phenoxy) is 1. The molecule has 7 rings (SSSR count). The summed E-state index contributed by atoms with van der Waals surface area (Å²) in [5.74, 6) is -4.64. The number of aromatic nitrogens is 2. The number of halogens is 4. The molecular weight excluding hydrogens is 599 g/mol. The molecule has 1 amide bonds. The van der Waals surface area contributed by atoms with Crippen molar-refractivity contribution in [3.8, 4) is 0 Å². The molecule has 44 heavy (non-hydrogen) atoms. The first-order valence-corrected chi connectivity index (χ1v) is 16.8. The first kappa shape index (κ1) is 30.5. The Hall–Kier alpha value is -2.14. The Bertz CT molecular complexity index is 1330. The zero-order chi connectivity index (χ0) is 31.0. The molecule has 1 spiro atoms. The molecule has 3 saturated carbocycles. The summed E-state index contributed by atoms with van der Waals surface area (Å²) in [6.07, 6.45) is 1.07. The number of nitrogens with zero attached hydrogens (tertiary/aromatic N) is 3. The van der Waals surface area contributed by atoms with Crippen molar-refractivity contribution in [2.45, 2.75) is 101 Å². The summed E-state index contributed by atoms with van der Waals surface area (Å²) in [5.41, 5.74) is 0.607. The lowest BCUT2D eigenvalue weighted by Crippen LogP contribution is -2.47. The topological polar surface area (TPSA) is 102 Å². The van der Waals surface area contributed by atoms with Crippen LogP contribution in [0.2, 0.25) is 0 Å². The lowest BCUT2D eigenvalue weighted by atomic mass is 9.69. The summed E-state index contributed by atoms with van der Waals surface area (Å²) in [5, 5.41) is 13.6. The number of carbonyl (C=O) groups is 3. The van der Waals surface area contributed by atoms with E-state index >= 15 is 4.39 Å². The molecule has 6 aliphatic rings. The van der Waals surface area contributed by atoms with Crippen LogP contribution in [0.1, 0.15) is 91.9 Å². The smallest absolute Gasteiger partial charge is 0.306 e. The molecule has 8 nitrogen and oxygen atoms in total. The number of carbonyl (C=O) groups excluding carboxylic acids is 2. The lowest BCUT2D eigenvalue weighted by Gasteiger charge is -2.39. The van der Waals surface area contributed by atoms with Crippen molar-refractivity contribution in [2.24, 2.45) is 34.5 Å². The molecule has 12 heteroatoms. The van der Waals surface area contributed by atoms with Gasteiger partial charge in [-0.3, -0.25) is 14.4 Å². The number of amides is 1. The van der Waals surface area contributed by atoms with Gasteiger partial charge in [-0.2, -0.15) is 5.10 Å². The highest BCUT2D eigenvalue weighted by molar-refractivity contribution is 6.22. The number of alkyl halides is 4. The van der Waals surface area contributed by atoms with Crippen molar-refractivity contribution in [1.29, 1.82) is 0 Å². The Balaban J connectivity index is 1.22. The van der Waals surface area contributed by atoms with Crippen LogP contribution in [0.5, 0.6) is 0 Å². The molecule has 0 aromatic carbocycles. The average molecular weight is 640 g/mol. The Morgan fingerprint density at radius 1 is 1.02 bits per heavy atom. The fourth-order valence-corrected chi connectivity index (χ4v) is 9.58. The van der Waals surface area contributed by atoms with E-state index in [1.54, 1.807) is 0 Å². The normalized spacial score (nSPS) is 35.8. The third kappa shape index (κ3) is 4.99. The average Bonchev–Trinajstić information content (AvgIpc) is 3.53. The highest BCUT2D eigenvalue weighted by Gasteiger charge is 2.61. The molecule has 7 unspecified atom stereocenters. The molecule has 1 aromatic heterocycles. The molecule has 0 bridgehead atoms. The fourth-order valence-electron chi connectivity index (χ4n) is 9.14. The molecule has 1 aromatic rings. The van der Waals surface area contributed by atoms with Crippen molar-refractivity contribution >= 4 is 29.4 Å². The van der Waals surface area contributed by atoms with Gasteiger partial charge >= 0.3 is 5.97 Å². The van der Waals surface area contributed by atoms with Crippen LogP contribution in [-0.4, -0.2) is 81.8 Å². The van der Waals surface area contributed by atoms with Crippen LogP contribution in [0.4, 0.5) is 13.2 Å². The van der Waals surface area contributed by atoms with Gasteiger partial charge in [0.25, 0.3) is 5.91 Å². The van der Waals surface area contributed by atoms with E-state index in [4.69, 9.17) is 21.4 Å². The van der Waals surface area contributed by atoms with E-state index in [0.29, 0.717) is 89.1 Å². The predicted octanol–water partition coefficient (Wildman–Crippen LogP) is 5.25. The second-order valence-corrected chi connectivity index (χ2v) is 15.1. The second kappa shape index (κ2) is 11.3. The van der Waals surface area contributed by atoms with Gasteiger partial charge in [-0.25, -0.2) is 17.9 Å². The number of rotatable bonds is 6. The number of likely N-dealkylation sites (tertiary alicyclic amines) is 1. The van der Waals surface area contributed by atoms with E-state index in [1.807, 2.05) is 4.90 Å². The van der Waals surface area contributed by atoms with Crippen LogP contribution in [-0.2, 0) is 27.2 Å². The van der Waals surface area contributed by atoms with E-state index in [9.17, 15) is 28.3 Å². The number of hydrogen-bond acceptors (Lipinski definition) is 5. The lowest BCUT2D eigenvalue weighted by molar-refractivity contribution is -0.143. The van der Waals surface area contributed by atoms with E-state index in [1.165, 1.54) is 4.68 Å². The maximum atomic E-state index is 15.6. The van der Waals surface area contributed by atoms with Crippen LogP contribution >= 0.6 is 11.6 Å². The molecule has 0 radical (unpaired) electrons. The number of hydrogen-bond donors (Lipinski definition) is 1. The standard InChI is InChI=1S/C32H41ClF3N3O5/c33-22-3-1-2-21(32(8-9-32)30(35)36)25(22)28(41)39-24-13-17(27(40)38-11-10-31(14-38)15-44-16-31)4-7-20(24)26(37-39)19-6-5-18(29(42)43)12-23(19)34/h17-19,21-23,25,30H,1-16H2,(H,42,43). The van der Waals surface area contributed by atoms with E-state index in [-0.39, 0.29) is 36.5 Å². The zero-order valence-corrected chi connectivity index (χ0v) is 25.6. The minimum absolute atomic E-state index is 0.0342. The van der Waals surface area contributed by atoms with Crippen LogP contribution in [0, 0.1) is 34.5 Å². The third-order valence-electron chi connectivity index (χ3n) is 12.0. The van der Waals surface area contributed by atoms with E-state index in [2.05, 4.69) is 0 Å². The zero-order valence-electron chi connectivity index (χ0n) is 24.9. The van der Waals surface area contributed by atoms with Gasteiger partial charge in [-0.05, 0) is 75.7 Å². The summed E-state index contributed by atoms with van der Waals surface area (Å²) < 4.78 is 51.0. The minimum atomic E-state index is -2.55. The van der Waals surface area contributed by atoms with Crippen molar-refractivity contribution in [2.75, 3.05) is 26.3 Å². The van der Waals surface area contributed by atoms with Crippen LogP contribution in [0.3, 0.4) is 0 Å². The van der Waals surface area contributed by atoms with Gasteiger partial charge < -0.3 is 14.7 Å². The summed E-state index contributed by atoms with van der Waals surface area (Å²) >= 11 is 6.79. The summed E-state index contributed by atoms with van der Waals surface area (Å²) in [4.78, 5) is 41.7. The highest BCUT2D eigenvalue weighted by Crippen LogP contribution is 2.62. The van der Waals surface area contributed by atoms with Gasteiger partial charge in [0.2, 0.25) is 12.3 Å². The van der Waals surface area contributed by atoms with Crippen molar-refractivity contribution in [3.63, 3.8) is 0 Å². The Morgan fingerprint density at radius 2 is 1.80 bits per heavy atom. The Labute approximate surface area is 260 Å². The first-order chi connectivity index (χ1) is 21.0.